The summed E-state index contributed by atoms with van der Waals surface area (Å²) in [4.78, 5) is 24.4. The first kappa shape index (κ1) is 15.2. The summed E-state index contributed by atoms with van der Waals surface area (Å²) < 4.78 is 33.6. The predicted molar refractivity (Wildman–Crippen MR) is 67.4 cm³/mol. The number of rotatable bonds is 0. The van der Waals surface area contributed by atoms with Crippen molar-refractivity contribution in [1.29, 1.82) is 0 Å². The van der Waals surface area contributed by atoms with E-state index in [2.05, 4.69) is 5.32 Å². The van der Waals surface area contributed by atoms with Crippen LogP contribution < -0.4 is 5.32 Å². The Bertz CT molecular complexity index is 426. The highest BCUT2D eigenvalue weighted by molar-refractivity contribution is 5.99. The maximum atomic E-state index is 14.3. The summed E-state index contributed by atoms with van der Waals surface area (Å²) in [7, 11) is 0. The van der Waals surface area contributed by atoms with E-state index in [1.54, 1.807) is 20.8 Å². The van der Waals surface area contributed by atoms with Crippen LogP contribution >= 0.6 is 0 Å². The van der Waals surface area contributed by atoms with Gasteiger partial charge >= 0.3 is 17.9 Å². The highest BCUT2D eigenvalue weighted by Gasteiger charge is 2.67. The van der Waals surface area contributed by atoms with E-state index in [1.165, 1.54) is 0 Å². The Labute approximate surface area is 116 Å². The van der Waals surface area contributed by atoms with Gasteiger partial charge < -0.3 is 10.1 Å². The molecular weight excluding hydrogens is 270 g/mol. The average Bonchev–Trinajstić information content (AvgIpc) is 2.50. The second-order valence-electron chi connectivity index (χ2n) is 6.48. The van der Waals surface area contributed by atoms with Gasteiger partial charge in [-0.1, -0.05) is 0 Å². The number of imide groups is 1. The topological polar surface area (TPSA) is 58.6 Å². The van der Waals surface area contributed by atoms with Crippen molar-refractivity contribution in [2.45, 2.75) is 45.1 Å². The summed E-state index contributed by atoms with van der Waals surface area (Å²) >= 11 is 0. The van der Waals surface area contributed by atoms with Crippen LogP contribution in [-0.4, -0.2) is 48.1 Å². The molecule has 2 saturated heterocycles. The minimum Gasteiger partial charge on any atom is -0.443 e. The number of carbonyl (C=O) groups excluding carboxylic acids is 2. The molecule has 0 atom stereocenters. The minimum absolute atomic E-state index is 0.172. The Hall–Kier alpha value is -1.24. The van der Waals surface area contributed by atoms with Crippen LogP contribution in [0.1, 0.15) is 33.6 Å². The number of piperidine rings is 1. The maximum absolute atomic E-state index is 14.3. The van der Waals surface area contributed by atoms with Gasteiger partial charge in [-0.05, 0) is 46.7 Å². The third-order valence-electron chi connectivity index (χ3n) is 3.82. The second kappa shape index (κ2) is 4.65. The summed E-state index contributed by atoms with van der Waals surface area (Å²) in [6.45, 7) is 5.46. The first-order valence-corrected chi connectivity index (χ1v) is 6.73. The Kier molecular flexibility index (Phi) is 3.52. The minimum atomic E-state index is -3.51. The van der Waals surface area contributed by atoms with Crippen molar-refractivity contribution in [2.24, 2.45) is 5.41 Å². The van der Waals surface area contributed by atoms with E-state index in [4.69, 9.17) is 4.74 Å². The molecule has 2 aliphatic rings. The Morgan fingerprint density at radius 2 is 1.85 bits per heavy atom. The zero-order chi connectivity index (χ0) is 15.2. The van der Waals surface area contributed by atoms with Gasteiger partial charge in [0, 0.05) is 6.54 Å². The van der Waals surface area contributed by atoms with Gasteiger partial charge in [0.25, 0.3) is 0 Å². The van der Waals surface area contributed by atoms with Crippen molar-refractivity contribution in [3.8, 4) is 0 Å². The Morgan fingerprint density at radius 3 is 2.35 bits per heavy atom. The monoisotopic (exact) mass is 290 g/mol. The molecule has 1 N–H and O–H groups in total. The lowest BCUT2D eigenvalue weighted by atomic mass is 9.75. The number of nitrogens with zero attached hydrogens (tertiary/aromatic N) is 1. The van der Waals surface area contributed by atoms with Crippen LogP contribution in [-0.2, 0) is 9.53 Å². The van der Waals surface area contributed by atoms with Crippen molar-refractivity contribution in [3.63, 3.8) is 0 Å². The van der Waals surface area contributed by atoms with Gasteiger partial charge in [-0.2, -0.15) is 8.78 Å². The Morgan fingerprint density at radius 1 is 1.30 bits per heavy atom. The molecule has 5 nitrogen and oxygen atoms in total. The van der Waals surface area contributed by atoms with Gasteiger partial charge in [0.05, 0.1) is 5.41 Å². The van der Waals surface area contributed by atoms with Crippen molar-refractivity contribution in [1.82, 2.24) is 10.2 Å². The molecule has 2 aliphatic heterocycles. The number of alkyl halides is 2. The predicted octanol–water partition coefficient (Wildman–Crippen LogP) is 1.77. The summed E-state index contributed by atoms with van der Waals surface area (Å²) in [5, 5.41) is 2.99. The van der Waals surface area contributed by atoms with Crippen LogP contribution in [0.4, 0.5) is 13.6 Å². The van der Waals surface area contributed by atoms with Crippen molar-refractivity contribution >= 4 is 12.0 Å². The molecule has 0 aromatic carbocycles. The summed E-state index contributed by atoms with van der Waals surface area (Å²) in [5.74, 6) is -4.94. The molecule has 2 rings (SSSR count). The molecule has 0 aliphatic carbocycles. The van der Waals surface area contributed by atoms with Crippen LogP contribution in [0.25, 0.3) is 0 Å². The number of amides is 2. The lowest BCUT2D eigenvalue weighted by Gasteiger charge is -2.36. The smallest absolute Gasteiger partial charge is 0.417 e. The highest BCUT2D eigenvalue weighted by Crippen LogP contribution is 2.50. The van der Waals surface area contributed by atoms with Crippen LogP contribution in [0.2, 0.25) is 0 Å². The van der Waals surface area contributed by atoms with Crippen LogP contribution in [0.3, 0.4) is 0 Å². The zero-order valence-electron chi connectivity index (χ0n) is 12.0. The SMILES string of the molecule is CC(C)(C)OC(=O)N1CC2(CCNCC2)C(F)(F)C1=O. The molecule has 0 aromatic heterocycles. The van der Waals surface area contributed by atoms with E-state index in [9.17, 15) is 18.4 Å². The molecule has 114 valence electrons. The van der Waals surface area contributed by atoms with E-state index in [1.807, 2.05) is 0 Å². The summed E-state index contributed by atoms with van der Waals surface area (Å²) in [5.41, 5.74) is -2.28. The van der Waals surface area contributed by atoms with E-state index in [0.29, 0.717) is 18.0 Å². The fourth-order valence-electron chi connectivity index (χ4n) is 2.71. The molecule has 0 bridgehead atoms. The first-order chi connectivity index (χ1) is 9.09. The number of hydrogen-bond acceptors (Lipinski definition) is 4. The largest absolute Gasteiger partial charge is 0.443 e. The van der Waals surface area contributed by atoms with E-state index in [-0.39, 0.29) is 19.4 Å². The number of ether oxygens (including phenoxy) is 1. The standard InChI is InChI=1S/C13H20F2N2O3/c1-11(2,3)20-10(19)17-8-12(4-6-16-7-5-12)13(14,15)9(17)18/h16H,4-8H2,1-3H3. The maximum Gasteiger partial charge on any atom is 0.417 e. The molecular formula is C13H20F2N2O3. The zero-order valence-corrected chi connectivity index (χ0v) is 12.0. The van der Waals surface area contributed by atoms with Crippen molar-refractivity contribution in [3.05, 3.63) is 0 Å². The number of nitrogens with one attached hydrogen (secondary N) is 1. The number of halogens is 2. The van der Waals surface area contributed by atoms with Crippen LogP contribution in [0, 0.1) is 5.41 Å². The lowest BCUT2D eigenvalue weighted by molar-refractivity contribution is -0.160. The highest BCUT2D eigenvalue weighted by atomic mass is 19.3. The van der Waals surface area contributed by atoms with Crippen molar-refractivity contribution < 1.29 is 23.1 Å². The second-order valence-corrected chi connectivity index (χ2v) is 6.48. The Balaban J connectivity index is 2.22. The molecule has 0 aromatic rings. The van der Waals surface area contributed by atoms with Gasteiger partial charge in [-0.25, -0.2) is 9.69 Å². The van der Waals surface area contributed by atoms with E-state index in [0.717, 1.165) is 0 Å². The lowest BCUT2D eigenvalue weighted by Crippen LogP contribution is -2.49. The van der Waals surface area contributed by atoms with Crippen LogP contribution in [0.5, 0.6) is 0 Å². The molecule has 1 spiro atoms. The van der Waals surface area contributed by atoms with Gasteiger partial charge in [-0.3, -0.25) is 4.79 Å². The third kappa shape index (κ3) is 2.39. The molecule has 0 saturated carbocycles. The molecule has 0 unspecified atom stereocenters. The molecule has 2 heterocycles. The van der Waals surface area contributed by atoms with E-state index < -0.39 is 28.9 Å². The molecule has 7 heteroatoms. The van der Waals surface area contributed by atoms with Gasteiger partial charge in [-0.15, -0.1) is 0 Å². The van der Waals surface area contributed by atoms with Gasteiger partial charge in [0.2, 0.25) is 0 Å². The normalized spacial score (nSPS) is 25.1. The van der Waals surface area contributed by atoms with E-state index >= 15 is 0 Å². The molecule has 0 radical (unpaired) electrons. The molecule has 2 amide bonds. The first-order valence-electron chi connectivity index (χ1n) is 6.73. The number of hydrogen-bond donors (Lipinski definition) is 1. The third-order valence-corrected chi connectivity index (χ3v) is 3.82. The fraction of sp³-hybridized carbons (Fsp3) is 0.846. The van der Waals surface area contributed by atoms with Crippen molar-refractivity contribution in [2.75, 3.05) is 19.6 Å². The number of carbonyl (C=O) groups is 2. The van der Waals surface area contributed by atoms with Gasteiger partial charge in [0.15, 0.2) is 0 Å². The summed E-state index contributed by atoms with van der Waals surface area (Å²) in [6.07, 6.45) is -0.645. The molecule has 20 heavy (non-hydrogen) atoms. The molecule has 2 fully saturated rings. The summed E-state index contributed by atoms with van der Waals surface area (Å²) in [6, 6.07) is 0. The average molecular weight is 290 g/mol. The quantitative estimate of drug-likeness (QED) is 0.738. The van der Waals surface area contributed by atoms with Gasteiger partial charge in [0.1, 0.15) is 5.60 Å². The number of likely N-dealkylation sites (tertiary alicyclic amines) is 1. The van der Waals surface area contributed by atoms with Crippen LogP contribution in [0.15, 0.2) is 0 Å². The fourth-order valence-corrected chi connectivity index (χ4v) is 2.71.